The Morgan fingerprint density at radius 3 is 3.06 bits per heavy atom. The lowest BCUT2D eigenvalue weighted by atomic mass is 10.1. The van der Waals surface area contributed by atoms with E-state index in [9.17, 15) is 9.59 Å². The van der Waals surface area contributed by atoms with Gasteiger partial charge in [0.15, 0.2) is 0 Å². The third-order valence-corrected chi connectivity index (χ3v) is 2.90. The van der Waals surface area contributed by atoms with Crippen LogP contribution in [0.25, 0.3) is 0 Å². The maximum atomic E-state index is 11.7. The van der Waals surface area contributed by atoms with Crippen LogP contribution >= 0.6 is 0 Å². The summed E-state index contributed by atoms with van der Waals surface area (Å²) in [5.41, 5.74) is 1.58. The summed E-state index contributed by atoms with van der Waals surface area (Å²) in [6.07, 6.45) is 8.20. The van der Waals surface area contributed by atoms with Crippen molar-refractivity contribution in [2.75, 3.05) is 6.54 Å². The third kappa shape index (κ3) is 3.31. The Morgan fingerprint density at radius 2 is 2.35 bits per heavy atom. The summed E-state index contributed by atoms with van der Waals surface area (Å²) in [4.78, 5) is 25.2. The van der Waals surface area contributed by atoms with E-state index in [1.807, 2.05) is 0 Å². The lowest BCUT2D eigenvalue weighted by Gasteiger charge is -2.05. The number of carbonyl (C=O) groups is 1. The second-order valence-corrected chi connectivity index (χ2v) is 4.20. The van der Waals surface area contributed by atoms with Crippen LogP contribution in [0.3, 0.4) is 0 Å². The number of allylic oxidation sites excluding steroid dienone is 1. The van der Waals surface area contributed by atoms with Gasteiger partial charge in [0, 0.05) is 24.4 Å². The molecular formula is C13H16N2O2. The molecule has 0 aromatic carbocycles. The summed E-state index contributed by atoms with van der Waals surface area (Å²) < 4.78 is 0. The van der Waals surface area contributed by atoms with Crippen molar-refractivity contribution in [1.29, 1.82) is 0 Å². The lowest BCUT2D eigenvalue weighted by Crippen LogP contribution is -2.25. The molecule has 1 aromatic rings. The Labute approximate surface area is 99.7 Å². The Balaban J connectivity index is 1.83. The number of aromatic nitrogens is 1. The van der Waals surface area contributed by atoms with E-state index >= 15 is 0 Å². The minimum Gasteiger partial charge on any atom is -0.352 e. The molecule has 0 spiro atoms. The van der Waals surface area contributed by atoms with Gasteiger partial charge in [-0.3, -0.25) is 9.59 Å². The number of nitrogens with one attached hydrogen (secondary N) is 2. The van der Waals surface area contributed by atoms with E-state index < -0.39 is 0 Å². The molecule has 0 radical (unpaired) electrons. The highest BCUT2D eigenvalue weighted by Crippen LogP contribution is 2.19. The van der Waals surface area contributed by atoms with Crippen molar-refractivity contribution in [1.82, 2.24) is 10.3 Å². The molecule has 17 heavy (non-hydrogen) atoms. The van der Waals surface area contributed by atoms with Gasteiger partial charge in [-0.2, -0.15) is 0 Å². The molecule has 1 aromatic heterocycles. The van der Waals surface area contributed by atoms with Crippen molar-refractivity contribution >= 4 is 5.91 Å². The van der Waals surface area contributed by atoms with Gasteiger partial charge in [-0.05, 0) is 31.7 Å². The molecule has 0 saturated carbocycles. The van der Waals surface area contributed by atoms with Crippen molar-refractivity contribution in [3.63, 3.8) is 0 Å². The fourth-order valence-corrected chi connectivity index (χ4v) is 1.99. The van der Waals surface area contributed by atoms with Crippen molar-refractivity contribution in [2.24, 2.45) is 0 Å². The van der Waals surface area contributed by atoms with Crippen LogP contribution in [0.1, 0.15) is 36.0 Å². The van der Waals surface area contributed by atoms with Crippen LogP contribution in [-0.4, -0.2) is 17.4 Å². The molecule has 90 valence electrons. The van der Waals surface area contributed by atoms with Crippen LogP contribution in [0.4, 0.5) is 0 Å². The number of aromatic amines is 1. The predicted octanol–water partition coefficient (Wildman–Crippen LogP) is 1.61. The molecule has 4 heteroatoms. The summed E-state index contributed by atoms with van der Waals surface area (Å²) in [5.74, 6) is -0.185. The van der Waals surface area contributed by atoms with Gasteiger partial charge < -0.3 is 10.3 Å². The van der Waals surface area contributed by atoms with E-state index in [2.05, 4.69) is 16.4 Å². The molecule has 0 fully saturated rings. The van der Waals surface area contributed by atoms with E-state index in [4.69, 9.17) is 0 Å². The largest absolute Gasteiger partial charge is 0.352 e. The highest BCUT2D eigenvalue weighted by atomic mass is 16.2. The Kier molecular flexibility index (Phi) is 3.75. The third-order valence-electron chi connectivity index (χ3n) is 2.90. The minimum absolute atomic E-state index is 0.185. The topological polar surface area (TPSA) is 62.0 Å². The number of amides is 1. The quantitative estimate of drug-likeness (QED) is 0.775. The first-order valence-corrected chi connectivity index (χ1v) is 5.90. The summed E-state index contributed by atoms with van der Waals surface area (Å²) in [7, 11) is 0. The van der Waals surface area contributed by atoms with E-state index in [0.717, 1.165) is 19.3 Å². The fourth-order valence-electron chi connectivity index (χ4n) is 1.99. The molecule has 0 atom stereocenters. The molecule has 0 unspecified atom stereocenters. The van der Waals surface area contributed by atoms with Crippen LogP contribution in [0, 0.1) is 0 Å². The summed E-state index contributed by atoms with van der Waals surface area (Å²) >= 11 is 0. The van der Waals surface area contributed by atoms with Crippen LogP contribution in [0.15, 0.2) is 34.8 Å². The van der Waals surface area contributed by atoms with Crippen LogP contribution < -0.4 is 10.9 Å². The van der Waals surface area contributed by atoms with Gasteiger partial charge in [-0.25, -0.2) is 0 Å². The zero-order chi connectivity index (χ0) is 12.1. The Morgan fingerprint density at radius 1 is 1.47 bits per heavy atom. The lowest BCUT2D eigenvalue weighted by molar-refractivity contribution is 0.0954. The molecule has 1 aliphatic rings. The molecule has 1 aliphatic carbocycles. The van der Waals surface area contributed by atoms with Crippen LogP contribution in [0.5, 0.6) is 0 Å². The van der Waals surface area contributed by atoms with E-state index in [1.54, 1.807) is 6.07 Å². The number of hydrogen-bond donors (Lipinski definition) is 2. The number of H-pyrrole nitrogens is 1. The molecule has 1 amide bonds. The van der Waals surface area contributed by atoms with Gasteiger partial charge in [-0.15, -0.1) is 0 Å². The zero-order valence-corrected chi connectivity index (χ0v) is 9.66. The minimum atomic E-state index is -0.254. The molecular weight excluding hydrogens is 216 g/mol. The van der Waals surface area contributed by atoms with Gasteiger partial charge in [0.1, 0.15) is 0 Å². The second kappa shape index (κ2) is 5.48. The maximum absolute atomic E-state index is 11.7. The SMILES string of the molecule is O=C(NCCC1=CCCC1)c1cc[nH]c(=O)c1. The summed E-state index contributed by atoms with van der Waals surface area (Å²) in [6, 6.07) is 2.91. The number of hydrogen-bond acceptors (Lipinski definition) is 2. The molecule has 1 heterocycles. The van der Waals surface area contributed by atoms with Gasteiger partial charge in [0.25, 0.3) is 5.91 Å². The predicted molar refractivity (Wildman–Crippen MR) is 65.9 cm³/mol. The zero-order valence-electron chi connectivity index (χ0n) is 9.66. The molecule has 4 nitrogen and oxygen atoms in total. The van der Waals surface area contributed by atoms with E-state index in [-0.39, 0.29) is 11.5 Å². The molecule has 0 bridgehead atoms. The second-order valence-electron chi connectivity index (χ2n) is 4.20. The Hall–Kier alpha value is -1.84. The molecule has 0 saturated heterocycles. The first kappa shape index (κ1) is 11.6. The average Bonchev–Trinajstić information content (AvgIpc) is 2.82. The maximum Gasteiger partial charge on any atom is 0.251 e. The van der Waals surface area contributed by atoms with E-state index in [1.165, 1.54) is 24.3 Å². The standard InChI is InChI=1S/C13H16N2O2/c16-12-9-11(6-8-14-12)13(17)15-7-5-10-3-1-2-4-10/h3,6,8-9H,1-2,4-5,7H2,(H,14,16)(H,15,17). The number of carbonyl (C=O) groups excluding carboxylic acids is 1. The molecule has 2 rings (SSSR count). The van der Waals surface area contributed by atoms with Gasteiger partial charge in [0.2, 0.25) is 5.56 Å². The smallest absolute Gasteiger partial charge is 0.251 e. The first-order valence-electron chi connectivity index (χ1n) is 5.90. The van der Waals surface area contributed by atoms with Crippen LogP contribution in [0.2, 0.25) is 0 Å². The van der Waals surface area contributed by atoms with Crippen LogP contribution in [-0.2, 0) is 0 Å². The normalized spacial score (nSPS) is 14.5. The molecule has 0 aliphatic heterocycles. The van der Waals surface area contributed by atoms with Crippen molar-refractivity contribution in [3.8, 4) is 0 Å². The number of pyridine rings is 1. The van der Waals surface area contributed by atoms with Crippen molar-refractivity contribution < 1.29 is 4.79 Å². The first-order chi connectivity index (χ1) is 8.25. The van der Waals surface area contributed by atoms with E-state index in [0.29, 0.717) is 12.1 Å². The summed E-state index contributed by atoms with van der Waals surface area (Å²) in [6.45, 7) is 0.636. The number of rotatable bonds is 4. The average molecular weight is 232 g/mol. The monoisotopic (exact) mass is 232 g/mol. The highest BCUT2D eigenvalue weighted by molar-refractivity contribution is 5.93. The van der Waals surface area contributed by atoms with Gasteiger partial charge >= 0.3 is 0 Å². The molecule has 2 N–H and O–H groups in total. The van der Waals surface area contributed by atoms with Crippen molar-refractivity contribution in [2.45, 2.75) is 25.7 Å². The Bertz CT molecular complexity index is 488. The fraction of sp³-hybridized carbons (Fsp3) is 0.385. The summed E-state index contributed by atoms with van der Waals surface area (Å²) in [5, 5.41) is 2.82. The van der Waals surface area contributed by atoms with Gasteiger partial charge in [0.05, 0.1) is 0 Å². The van der Waals surface area contributed by atoms with Gasteiger partial charge in [-0.1, -0.05) is 11.6 Å². The van der Waals surface area contributed by atoms with Crippen molar-refractivity contribution in [3.05, 3.63) is 45.9 Å². The highest BCUT2D eigenvalue weighted by Gasteiger charge is 2.07.